The van der Waals surface area contributed by atoms with Gasteiger partial charge in [-0.15, -0.1) is 0 Å². The van der Waals surface area contributed by atoms with Crippen molar-refractivity contribution >= 4 is 9.84 Å². The average Bonchev–Trinajstić information content (AvgIpc) is 2.57. The predicted molar refractivity (Wildman–Crippen MR) is 82.6 cm³/mol. The van der Waals surface area contributed by atoms with Gasteiger partial charge in [-0.25, -0.2) is 8.42 Å². The van der Waals surface area contributed by atoms with Gasteiger partial charge >= 0.3 is 0 Å². The van der Waals surface area contributed by atoms with Gasteiger partial charge in [-0.2, -0.15) is 0 Å². The third kappa shape index (κ3) is 2.73. The summed E-state index contributed by atoms with van der Waals surface area (Å²) in [5, 5.41) is 0. The second-order valence-electron chi connectivity index (χ2n) is 4.63. The first-order valence-corrected chi connectivity index (χ1v) is 8.03. The van der Waals surface area contributed by atoms with E-state index in [-0.39, 0.29) is 4.90 Å². The van der Waals surface area contributed by atoms with E-state index >= 15 is 0 Å². The van der Waals surface area contributed by atoms with Crippen molar-refractivity contribution in [3.05, 3.63) is 84.9 Å². The van der Waals surface area contributed by atoms with Gasteiger partial charge < -0.3 is 0 Å². The molecule has 0 aliphatic rings. The summed E-state index contributed by atoms with van der Waals surface area (Å²) in [6.45, 7) is 0. The number of rotatable bonds is 3. The third-order valence-electron chi connectivity index (χ3n) is 3.27. The second-order valence-corrected chi connectivity index (χ2v) is 6.58. The van der Waals surface area contributed by atoms with Gasteiger partial charge in [0.1, 0.15) is 0 Å². The minimum atomic E-state index is -3.46. The summed E-state index contributed by atoms with van der Waals surface area (Å²) in [6.07, 6.45) is 0. The van der Waals surface area contributed by atoms with Crippen LogP contribution in [-0.2, 0) is 9.84 Å². The third-order valence-corrected chi connectivity index (χ3v) is 5.06. The SMILES string of the molecule is O=S(=O)(c1cc[c]cc1)c1ccc(-c2ccccc2)cc1. The van der Waals surface area contributed by atoms with E-state index in [9.17, 15) is 8.42 Å². The van der Waals surface area contributed by atoms with Crippen molar-refractivity contribution in [3.63, 3.8) is 0 Å². The van der Waals surface area contributed by atoms with Gasteiger partial charge in [0.15, 0.2) is 0 Å². The molecular formula is C18H13O2S. The molecule has 1 radical (unpaired) electrons. The Bertz CT molecular complexity index is 821. The molecule has 3 rings (SSSR count). The fraction of sp³-hybridized carbons (Fsp3) is 0. The van der Waals surface area contributed by atoms with Crippen LogP contribution in [0.25, 0.3) is 11.1 Å². The zero-order chi connectivity index (χ0) is 14.7. The summed E-state index contributed by atoms with van der Waals surface area (Å²) < 4.78 is 24.9. The molecule has 0 N–H and O–H groups in total. The van der Waals surface area contributed by atoms with Gasteiger partial charge in [0, 0.05) is 0 Å². The Balaban J connectivity index is 1.99. The van der Waals surface area contributed by atoms with Crippen molar-refractivity contribution in [1.82, 2.24) is 0 Å². The van der Waals surface area contributed by atoms with E-state index in [1.165, 1.54) is 0 Å². The van der Waals surface area contributed by atoms with Crippen LogP contribution in [0.5, 0.6) is 0 Å². The van der Waals surface area contributed by atoms with E-state index < -0.39 is 9.84 Å². The van der Waals surface area contributed by atoms with Crippen LogP contribution in [0.4, 0.5) is 0 Å². The molecule has 2 nitrogen and oxygen atoms in total. The molecule has 0 amide bonds. The maximum absolute atomic E-state index is 12.5. The van der Waals surface area contributed by atoms with E-state index in [0.717, 1.165) is 11.1 Å². The number of hydrogen-bond acceptors (Lipinski definition) is 2. The van der Waals surface area contributed by atoms with Gasteiger partial charge in [0.25, 0.3) is 0 Å². The van der Waals surface area contributed by atoms with Crippen LogP contribution in [-0.4, -0.2) is 8.42 Å². The first kappa shape index (κ1) is 13.6. The lowest BCUT2D eigenvalue weighted by molar-refractivity contribution is 0.596. The summed E-state index contributed by atoms with van der Waals surface area (Å²) in [7, 11) is -3.46. The monoisotopic (exact) mass is 293 g/mol. The number of sulfone groups is 1. The highest BCUT2D eigenvalue weighted by Crippen LogP contribution is 2.24. The first-order valence-electron chi connectivity index (χ1n) is 6.54. The van der Waals surface area contributed by atoms with E-state index in [1.807, 2.05) is 42.5 Å². The Morgan fingerprint density at radius 3 is 1.76 bits per heavy atom. The number of hydrogen-bond donors (Lipinski definition) is 0. The van der Waals surface area contributed by atoms with E-state index in [2.05, 4.69) is 6.07 Å². The second kappa shape index (κ2) is 5.54. The normalized spacial score (nSPS) is 11.2. The van der Waals surface area contributed by atoms with Crippen LogP contribution in [0, 0.1) is 6.07 Å². The van der Waals surface area contributed by atoms with Gasteiger partial charge in [-0.3, -0.25) is 0 Å². The standard InChI is InChI=1S/C18H13O2S/c19-21(20,17-9-5-2-6-10-17)18-13-11-16(12-14-18)15-7-3-1-4-8-15/h1,3-14H. The largest absolute Gasteiger partial charge is 0.219 e. The van der Waals surface area contributed by atoms with Crippen LogP contribution < -0.4 is 0 Å². The summed E-state index contributed by atoms with van der Waals surface area (Å²) >= 11 is 0. The summed E-state index contributed by atoms with van der Waals surface area (Å²) in [5.74, 6) is 0. The molecule has 0 atom stereocenters. The highest BCUT2D eigenvalue weighted by molar-refractivity contribution is 7.91. The van der Waals surface area contributed by atoms with Crippen molar-refractivity contribution in [3.8, 4) is 11.1 Å². The molecule has 0 heterocycles. The van der Waals surface area contributed by atoms with Crippen LogP contribution in [0.3, 0.4) is 0 Å². The number of benzene rings is 3. The first-order chi connectivity index (χ1) is 10.2. The molecule has 3 heteroatoms. The van der Waals surface area contributed by atoms with E-state index in [1.54, 1.807) is 36.4 Å². The molecule has 3 aromatic rings. The van der Waals surface area contributed by atoms with Crippen LogP contribution in [0.2, 0.25) is 0 Å². The quantitative estimate of drug-likeness (QED) is 0.732. The molecule has 0 saturated heterocycles. The maximum atomic E-state index is 12.5. The molecule has 0 spiro atoms. The molecule has 0 aliphatic carbocycles. The lowest BCUT2D eigenvalue weighted by atomic mass is 10.1. The summed E-state index contributed by atoms with van der Waals surface area (Å²) in [5.41, 5.74) is 2.06. The van der Waals surface area contributed by atoms with Crippen molar-refractivity contribution in [2.75, 3.05) is 0 Å². The predicted octanol–water partition coefficient (Wildman–Crippen LogP) is 3.99. The van der Waals surface area contributed by atoms with Crippen molar-refractivity contribution in [1.29, 1.82) is 0 Å². The van der Waals surface area contributed by atoms with Crippen LogP contribution in [0.1, 0.15) is 0 Å². The van der Waals surface area contributed by atoms with E-state index in [4.69, 9.17) is 0 Å². The fourth-order valence-electron chi connectivity index (χ4n) is 2.14. The lowest BCUT2D eigenvalue weighted by Gasteiger charge is -2.06. The molecule has 0 bridgehead atoms. The molecule has 0 aliphatic heterocycles. The highest BCUT2D eigenvalue weighted by atomic mass is 32.2. The summed E-state index contributed by atoms with van der Waals surface area (Å²) in [6, 6.07) is 26.0. The van der Waals surface area contributed by atoms with Gasteiger partial charge in [-0.1, -0.05) is 54.6 Å². The van der Waals surface area contributed by atoms with Crippen molar-refractivity contribution in [2.45, 2.75) is 9.79 Å². The molecule has 0 unspecified atom stereocenters. The van der Waals surface area contributed by atoms with E-state index in [0.29, 0.717) is 4.90 Å². The molecule has 3 aromatic carbocycles. The van der Waals surface area contributed by atoms with Gasteiger partial charge in [-0.05, 0) is 41.5 Å². The van der Waals surface area contributed by atoms with Crippen LogP contribution in [0.15, 0.2) is 88.7 Å². The fourth-order valence-corrected chi connectivity index (χ4v) is 3.40. The van der Waals surface area contributed by atoms with Gasteiger partial charge in [0.2, 0.25) is 9.84 Å². The summed E-state index contributed by atoms with van der Waals surface area (Å²) in [4.78, 5) is 0.585. The van der Waals surface area contributed by atoms with Crippen molar-refractivity contribution < 1.29 is 8.42 Å². The topological polar surface area (TPSA) is 34.1 Å². The minimum Gasteiger partial charge on any atom is -0.219 e. The maximum Gasteiger partial charge on any atom is 0.206 e. The average molecular weight is 293 g/mol. The van der Waals surface area contributed by atoms with Crippen LogP contribution >= 0.6 is 0 Å². The molecule has 0 aromatic heterocycles. The van der Waals surface area contributed by atoms with Crippen molar-refractivity contribution in [2.24, 2.45) is 0 Å². The zero-order valence-corrected chi connectivity index (χ0v) is 12.0. The molecular weight excluding hydrogens is 280 g/mol. The Labute approximate surface area is 124 Å². The Hall–Kier alpha value is -2.39. The Morgan fingerprint density at radius 2 is 1.14 bits per heavy atom. The molecule has 0 fully saturated rings. The smallest absolute Gasteiger partial charge is 0.206 e. The molecule has 103 valence electrons. The molecule has 21 heavy (non-hydrogen) atoms. The van der Waals surface area contributed by atoms with Gasteiger partial charge in [0.05, 0.1) is 9.79 Å². The lowest BCUT2D eigenvalue weighted by Crippen LogP contribution is -2.01. The Morgan fingerprint density at radius 1 is 0.619 bits per heavy atom. The Kier molecular flexibility index (Phi) is 3.59. The highest BCUT2D eigenvalue weighted by Gasteiger charge is 2.16. The minimum absolute atomic E-state index is 0.286. The molecule has 0 saturated carbocycles. The zero-order valence-electron chi connectivity index (χ0n) is 11.2.